The van der Waals surface area contributed by atoms with Crippen LogP contribution in [0.2, 0.25) is 0 Å². The van der Waals surface area contributed by atoms with Crippen molar-refractivity contribution in [2.45, 2.75) is 19.3 Å². The van der Waals surface area contributed by atoms with Crippen LogP contribution < -0.4 is 9.83 Å². The molecule has 6 nitrogen and oxygen atoms in total. The van der Waals surface area contributed by atoms with E-state index in [9.17, 15) is 4.57 Å². The van der Waals surface area contributed by atoms with Crippen LogP contribution in [0.15, 0.2) is 85.5 Å². The highest BCUT2D eigenvalue weighted by Gasteiger charge is 2.39. The van der Waals surface area contributed by atoms with Gasteiger partial charge in [-0.25, -0.2) is 9.97 Å². The summed E-state index contributed by atoms with van der Waals surface area (Å²) in [5, 5.41) is 0.746. The smallest absolute Gasteiger partial charge is 0.278 e. The molecule has 3 heterocycles. The minimum absolute atomic E-state index is 0.237. The number of nitrogens with zero attached hydrogens (tertiary/aromatic N) is 2. The summed E-state index contributed by atoms with van der Waals surface area (Å²) >= 11 is 0. The lowest BCUT2D eigenvalue weighted by molar-refractivity contribution is 0.483. The molecule has 3 aromatic carbocycles. The zero-order valence-corrected chi connectivity index (χ0v) is 21.4. The molecule has 6 rings (SSSR count). The fourth-order valence-corrected chi connectivity index (χ4v) is 7.65. The highest BCUT2D eigenvalue weighted by molar-refractivity contribution is 7.67. The zero-order chi connectivity index (χ0) is 25.4. The molecule has 0 spiro atoms. The highest BCUT2D eigenvalue weighted by atomic mass is 31.2. The summed E-state index contributed by atoms with van der Waals surface area (Å²) in [4.78, 5) is 16.5. The van der Waals surface area contributed by atoms with Crippen LogP contribution in [0.1, 0.15) is 35.9 Å². The Hall–Kier alpha value is -4.15. The number of rotatable bonds is 7. The van der Waals surface area contributed by atoms with Crippen molar-refractivity contribution in [2.75, 3.05) is 6.16 Å². The molecule has 1 aliphatic heterocycles. The van der Waals surface area contributed by atoms with E-state index in [4.69, 9.17) is 14.5 Å². The van der Waals surface area contributed by atoms with Crippen LogP contribution >= 0.6 is 7.37 Å². The average Bonchev–Trinajstić information content (AvgIpc) is 3.52. The van der Waals surface area contributed by atoms with Gasteiger partial charge in [-0.3, -0.25) is 4.57 Å². The van der Waals surface area contributed by atoms with Crippen molar-refractivity contribution < 1.29 is 9.09 Å². The Morgan fingerprint density at radius 1 is 0.973 bits per heavy atom. The van der Waals surface area contributed by atoms with E-state index in [1.165, 1.54) is 0 Å². The third-order valence-corrected chi connectivity index (χ3v) is 9.26. The van der Waals surface area contributed by atoms with Gasteiger partial charge in [-0.05, 0) is 48.9 Å². The molecule has 0 saturated heterocycles. The minimum atomic E-state index is -3.30. The first-order chi connectivity index (χ1) is 18.1. The number of para-hydroxylation sites is 3. The number of benzene rings is 3. The predicted molar refractivity (Wildman–Crippen MR) is 151 cm³/mol. The van der Waals surface area contributed by atoms with Crippen molar-refractivity contribution in [3.05, 3.63) is 108 Å². The molecule has 1 aliphatic rings. The fourth-order valence-electron chi connectivity index (χ4n) is 5.05. The summed E-state index contributed by atoms with van der Waals surface area (Å²) in [5.41, 5.74) is 5.42. The lowest BCUT2D eigenvalue weighted by atomic mass is 10.0. The van der Waals surface area contributed by atoms with Crippen molar-refractivity contribution in [2.24, 2.45) is 0 Å². The molecule has 7 heteroatoms. The van der Waals surface area contributed by atoms with Crippen molar-refractivity contribution in [3.63, 3.8) is 0 Å². The van der Waals surface area contributed by atoms with E-state index < -0.39 is 7.37 Å². The number of fused-ring (bicyclic) bond motifs is 4. The SMILES string of the molecule is C=Cc1nc(CC(CP2(=O)Oc3ccccc3-c3ccccc32)c2nc3ccccc3[nH]2)[nH]c1/C=C\C. The van der Waals surface area contributed by atoms with Gasteiger partial charge in [0.25, 0.3) is 7.37 Å². The maximum atomic E-state index is 14.7. The first kappa shape index (κ1) is 23.3. The van der Waals surface area contributed by atoms with Crippen LogP contribution in [-0.4, -0.2) is 26.1 Å². The van der Waals surface area contributed by atoms with Crippen molar-refractivity contribution in [3.8, 4) is 16.9 Å². The van der Waals surface area contributed by atoms with Crippen LogP contribution in [0.5, 0.6) is 5.75 Å². The predicted octanol–water partition coefficient (Wildman–Crippen LogP) is 6.95. The number of aromatic nitrogens is 4. The Bertz CT molecular complexity index is 1660. The number of imidazole rings is 2. The van der Waals surface area contributed by atoms with Gasteiger partial charge in [0.15, 0.2) is 0 Å². The first-order valence-electron chi connectivity index (χ1n) is 12.3. The first-order valence-corrected chi connectivity index (χ1v) is 14.2. The molecule has 0 saturated carbocycles. The summed E-state index contributed by atoms with van der Waals surface area (Å²) in [5.74, 6) is 1.96. The molecule has 37 heavy (non-hydrogen) atoms. The average molecular weight is 507 g/mol. The van der Waals surface area contributed by atoms with E-state index >= 15 is 0 Å². The van der Waals surface area contributed by atoms with Crippen LogP contribution in [0.3, 0.4) is 0 Å². The van der Waals surface area contributed by atoms with E-state index in [0.29, 0.717) is 12.2 Å². The Kier molecular flexibility index (Phi) is 5.90. The van der Waals surface area contributed by atoms with Gasteiger partial charge >= 0.3 is 0 Å². The lowest BCUT2D eigenvalue weighted by Crippen LogP contribution is -2.23. The Labute approximate surface area is 215 Å². The van der Waals surface area contributed by atoms with Crippen LogP contribution in [0.4, 0.5) is 0 Å². The lowest BCUT2D eigenvalue weighted by Gasteiger charge is -2.30. The van der Waals surface area contributed by atoms with Crippen LogP contribution in [0, 0.1) is 0 Å². The largest absolute Gasteiger partial charge is 0.439 e. The standard InChI is InChI=1S/C30H27N4O2P/c1-3-11-24-23(4-2)31-29(32-24)18-20(30-33-25-14-7-8-15-26(25)34-30)19-37(35)28-17-10-6-13-22(28)21-12-5-9-16-27(21)36-37/h3-17,20H,2,18-19H2,1H3,(H,31,32)(H,33,34)/b11-3-. The van der Waals surface area contributed by atoms with Crippen molar-refractivity contribution >= 4 is 35.9 Å². The molecule has 0 fully saturated rings. The molecule has 0 aliphatic carbocycles. The molecule has 0 amide bonds. The molecule has 2 N–H and O–H groups in total. The second kappa shape index (κ2) is 9.38. The van der Waals surface area contributed by atoms with Gasteiger partial charge in [0.2, 0.25) is 0 Å². The molecule has 5 aromatic rings. The zero-order valence-electron chi connectivity index (χ0n) is 20.5. The molecule has 0 bridgehead atoms. The molecular formula is C30H27N4O2P. The molecule has 184 valence electrons. The molecule has 2 aromatic heterocycles. The van der Waals surface area contributed by atoms with Gasteiger partial charge in [0, 0.05) is 24.1 Å². The third-order valence-electron chi connectivity index (χ3n) is 6.73. The number of nitrogens with one attached hydrogen (secondary N) is 2. The second-order valence-electron chi connectivity index (χ2n) is 9.19. The quantitative estimate of drug-likeness (QED) is 0.234. The molecule has 2 atom stereocenters. The van der Waals surface area contributed by atoms with E-state index in [-0.39, 0.29) is 12.1 Å². The highest BCUT2D eigenvalue weighted by Crippen LogP contribution is 2.56. The molecular weight excluding hydrogens is 479 g/mol. The fraction of sp³-hybridized carbons (Fsp3) is 0.133. The Morgan fingerprint density at radius 3 is 2.54 bits per heavy atom. The summed E-state index contributed by atoms with van der Waals surface area (Å²) in [6.07, 6.45) is 6.47. The molecule has 0 radical (unpaired) electrons. The van der Waals surface area contributed by atoms with Gasteiger partial charge < -0.3 is 14.5 Å². The number of H-pyrrole nitrogens is 2. The normalized spacial score (nSPS) is 17.3. The summed E-state index contributed by atoms with van der Waals surface area (Å²) in [6.45, 7) is 5.87. The van der Waals surface area contributed by atoms with Crippen molar-refractivity contribution in [1.82, 2.24) is 19.9 Å². The Morgan fingerprint density at radius 2 is 1.73 bits per heavy atom. The van der Waals surface area contributed by atoms with E-state index in [0.717, 1.165) is 50.5 Å². The van der Waals surface area contributed by atoms with Crippen LogP contribution in [-0.2, 0) is 11.0 Å². The van der Waals surface area contributed by atoms with E-state index in [1.807, 2.05) is 91.9 Å². The number of aromatic amines is 2. The number of hydrogen-bond donors (Lipinski definition) is 2. The summed E-state index contributed by atoms with van der Waals surface area (Å²) in [6, 6.07) is 23.6. The van der Waals surface area contributed by atoms with Gasteiger partial charge in [0.1, 0.15) is 17.4 Å². The molecule has 2 unspecified atom stereocenters. The third kappa shape index (κ3) is 4.24. The van der Waals surface area contributed by atoms with Crippen LogP contribution in [0.25, 0.3) is 34.3 Å². The second-order valence-corrected chi connectivity index (χ2v) is 11.6. The number of allylic oxidation sites excluding steroid dienone is 1. The topological polar surface area (TPSA) is 83.7 Å². The number of hydrogen-bond acceptors (Lipinski definition) is 4. The summed E-state index contributed by atoms with van der Waals surface area (Å²) < 4.78 is 21.1. The maximum Gasteiger partial charge on any atom is 0.278 e. The Balaban J connectivity index is 1.44. The van der Waals surface area contributed by atoms with Gasteiger partial charge in [-0.15, -0.1) is 0 Å². The van der Waals surface area contributed by atoms with Gasteiger partial charge in [-0.1, -0.05) is 61.2 Å². The summed E-state index contributed by atoms with van der Waals surface area (Å²) in [7, 11) is -3.30. The van der Waals surface area contributed by atoms with Gasteiger partial charge in [-0.2, -0.15) is 0 Å². The van der Waals surface area contributed by atoms with E-state index in [1.54, 1.807) is 6.08 Å². The van der Waals surface area contributed by atoms with Gasteiger partial charge in [0.05, 0.1) is 27.7 Å². The maximum absolute atomic E-state index is 14.7. The van der Waals surface area contributed by atoms with Crippen molar-refractivity contribution in [1.29, 1.82) is 0 Å². The minimum Gasteiger partial charge on any atom is -0.439 e. The van der Waals surface area contributed by atoms with E-state index in [2.05, 4.69) is 16.5 Å². The monoisotopic (exact) mass is 506 g/mol.